The van der Waals surface area contributed by atoms with Crippen molar-refractivity contribution in [2.75, 3.05) is 0 Å². The molecule has 7 aromatic carbocycles. The molecule has 0 N–H and O–H groups in total. The number of benzene rings is 7. The number of para-hydroxylation sites is 2. The van der Waals surface area contributed by atoms with Crippen molar-refractivity contribution in [3.05, 3.63) is 222 Å². The predicted octanol–water partition coefficient (Wildman–Crippen LogP) is 12.1. The van der Waals surface area contributed by atoms with Crippen molar-refractivity contribution in [2.24, 2.45) is 0 Å². The monoisotopic (exact) mass is 664 g/mol. The van der Waals surface area contributed by atoms with Crippen molar-refractivity contribution in [3.63, 3.8) is 0 Å². The zero-order chi connectivity index (χ0) is 34.9. The quantitative estimate of drug-likeness (QED) is 0.178. The number of hydrogen-bond acceptors (Lipinski definition) is 3. The van der Waals surface area contributed by atoms with E-state index < -0.39 is 5.41 Å². The Morgan fingerprint density at radius 3 is 1.69 bits per heavy atom. The first-order valence-electron chi connectivity index (χ1n) is 17.4. The van der Waals surface area contributed by atoms with Crippen LogP contribution in [0.15, 0.2) is 194 Å². The van der Waals surface area contributed by atoms with Gasteiger partial charge in [-0.2, -0.15) is 5.26 Å². The van der Waals surface area contributed by atoms with E-state index in [2.05, 4.69) is 152 Å². The van der Waals surface area contributed by atoms with Crippen LogP contribution >= 0.6 is 0 Å². The minimum Gasteiger partial charge on any atom is -0.456 e. The second-order valence-electron chi connectivity index (χ2n) is 13.0. The molecule has 0 spiro atoms. The van der Waals surface area contributed by atoms with Crippen molar-refractivity contribution >= 4 is 0 Å². The summed E-state index contributed by atoms with van der Waals surface area (Å²) in [4.78, 5) is 5.20. The molecule has 1 aliphatic rings. The first-order chi connectivity index (χ1) is 25.7. The molecule has 0 saturated heterocycles. The predicted molar refractivity (Wildman–Crippen MR) is 209 cm³/mol. The van der Waals surface area contributed by atoms with Crippen molar-refractivity contribution in [2.45, 2.75) is 5.41 Å². The lowest BCUT2D eigenvalue weighted by atomic mass is 9.63. The molecule has 0 aliphatic carbocycles. The van der Waals surface area contributed by atoms with Gasteiger partial charge in [0.2, 0.25) is 0 Å². The van der Waals surface area contributed by atoms with E-state index in [1.807, 2.05) is 48.5 Å². The van der Waals surface area contributed by atoms with Crippen molar-refractivity contribution in [1.82, 2.24) is 4.98 Å². The van der Waals surface area contributed by atoms with E-state index in [1.165, 1.54) is 11.1 Å². The highest BCUT2D eigenvalue weighted by Crippen LogP contribution is 2.57. The number of ether oxygens (including phenoxy) is 1. The molecule has 2 heterocycles. The molecule has 0 fully saturated rings. The summed E-state index contributed by atoms with van der Waals surface area (Å²) in [6.45, 7) is 0. The highest BCUT2D eigenvalue weighted by atomic mass is 16.5. The smallest absolute Gasteiger partial charge is 0.140 e. The number of pyridine rings is 1. The Kier molecular flexibility index (Phi) is 7.76. The summed E-state index contributed by atoms with van der Waals surface area (Å²) in [5.74, 6) is 1.69. The summed E-state index contributed by atoms with van der Waals surface area (Å²) in [6.07, 6.45) is 0. The van der Waals surface area contributed by atoms with Crippen molar-refractivity contribution in [3.8, 4) is 62.3 Å². The van der Waals surface area contributed by atoms with Crippen LogP contribution in [0, 0.1) is 11.3 Å². The maximum absolute atomic E-state index is 9.40. The zero-order valence-corrected chi connectivity index (χ0v) is 28.3. The topological polar surface area (TPSA) is 45.9 Å². The van der Waals surface area contributed by atoms with E-state index in [9.17, 15) is 5.26 Å². The van der Waals surface area contributed by atoms with Gasteiger partial charge in [0.15, 0.2) is 0 Å². The molecule has 8 aromatic rings. The van der Waals surface area contributed by atoms with E-state index in [1.54, 1.807) is 0 Å². The van der Waals surface area contributed by atoms with Crippen LogP contribution in [0.1, 0.15) is 27.8 Å². The fourth-order valence-electron chi connectivity index (χ4n) is 7.64. The van der Waals surface area contributed by atoms with Gasteiger partial charge < -0.3 is 4.74 Å². The summed E-state index contributed by atoms with van der Waals surface area (Å²) in [6, 6.07) is 69.5. The van der Waals surface area contributed by atoms with Gasteiger partial charge in [0, 0.05) is 27.8 Å². The maximum Gasteiger partial charge on any atom is 0.140 e. The molecule has 3 nitrogen and oxygen atoms in total. The van der Waals surface area contributed by atoms with Gasteiger partial charge in [-0.1, -0.05) is 158 Å². The first-order valence-corrected chi connectivity index (χ1v) is 17.4. The molecule has 1 aromatic heterocycles. The van der Waals surface area contributed by atoms with E-state index in [0.29, 0.717) is 5.56 Å². The Morgan fingerprint density at radius 2 is 1.00 bits per heavy atom. The fourth-order valence-corrected chi connectivity index (χ4v) is 7.64. The average Bonchev–Trinajstić information content (AvgIpc) is 3.23. The van der Waals surface area contributed by atoms with E-state index in [4.69, 9.17) is 9.72 Å². The van der Waals surface area contributed by atoms with Crippen LogP contribution in [0.5, 0.6) is 11.5 Å². The standard InChI is InChI=1S/C49H32N2O/c50-33-34-26-28-35(29-27-34)39-31-45(36-14-4-1-5-15-36)51-46(32-39)38-17-12-16-37(30-38)42-22-13-24-44-48(42)52-47-25-11-10-23-43(47)49(44,40-18-6-2-7-19-40)41-20-8-3-9-21-41/h1-32H. The van der Waals surface area contributed by atoms with Gasteiger partial charge >= 0.3 is 0 Å². The van der Waals surface area contributed by atoms with Crippen LogP contribution in [-0.4, -0.2) is 4.98 Å². The third kappa shape index (κ3) is 5.26. The zero-order valence-electron chi connectivity index (χ0n) is 28.3. The highest BCUT2D eigenvalue weighted by molar-refractivity contribution is 5.83. The Balaban J connectivity index is 1.24. The number of aromatic nitrogens is 1. The maximum atomic E-state index is 9.40. The van der Waals surface area contributed by atoms with Crippen LogP contribution in [0.2, 0.25) is 0 Å². The third-order valence-electron chi connectivity index (χ3n) is 10.0. The Bertz CT molecular complexity index is 2550. The van der Waals surface area contributed by atoms with E-state index >= 15 is 0 Å². The lowest BCUT2D eigenvalue weighted by molar-refractivity contribution is 0.436. The van der Waals surface area contributed by atoms with Gasteiger partial charge in [-0.3, -0.25) is 0 Å². The van der Waals surface area contributed by atoms with Crippen molar-refractivity contribution < 1.29 is 4.74 Å². The summed E-state index contributed by atoms with van der Waals surface area (Å²) in [7, 11) is 0. The van der Waals surface area contributed by atoms with Crippen LogP contribution in [0.3, 0.4) is 0 Å². The van der Waals surface area contributed by atoms with Gasteiger partial charge in [-0.15, -0.1) is 0 Å². The van der Waals surface area contributed by atoms with Gasteiger partial charge in [0.1, 0.15) is 11.5 Å². The Labute approximate surface area is 303 Å². The van der Waals surface area contributed by atoms with Gasteiger partial charge in [-0.05, 0) is 64.2 Å². The van der Waals surface area contributed by atoms with Gasteiger partial charge in [-0.25, -0.2) is 4.98 Å². The van der Waals surface area contributed by atoms with Crippen LogP contribution < -0.4 is 4.74 Å². The largest absolute Gasteiger partial charge is 0.456 e. The normalized spacial score (nSPS) is 12.5. The first kappa shape index (κ1) is 31.0. The summed E-state index contributed by atoms with van der Waals surface area (Å²) in [5.41, 5.74) is 12.5. The number of hydrogen-bond donors (Lipinski definition) is 0. The fraction of sp³-hybridized carbons (Fsp3) is 0.0204. The number of rotatable bonds is 6. The second-order valence-corrected chi connectivity index (χ2v) is 13.0. The molecule has 244 valence electrons. The molecule has 1 aliphatic heterocycles. The van der Waals surface area contributed by atoms with Gasteiger partial charge in [0.25, 0.3) is 0 Å². The van der Waals surface area contributed by atoms with E-state index in [0.717, 1.165) is 67.4 Å². The molecule has 0 radical (unpaired) electrons. The molecule has 0 atom stereocenters. The Hall–Kier alpha value is -7.02. The second kappa shape index (κ2) is 13.0. The molecular weight excluding hydrogens is 633 g/mol. The molecular formula is C49H32N2O. The molecule has 0 unspecified atom stereocenters. The molecule has 0 saturated carbocycles. The lowest BCUT2D eigenvalue weighted by Gasteiger charge is -2.42. The summed E-state index contributed by atoms with van der Waals surface area (Å²) >= 11 is 0. The molecule has 52 heavy (non-hydrogen) atoms. The van der Waals surface area contributed by atoms with Crippen LogP contribution in [0.4, 0.5) is 0 Å². The lowest BCUT2D eigenvalue weighted by Crippen LogP contribution is -2.34. The number of nitrogens with zero attached hydrogens (tertiary/aromatic N) is 2. The minimum atomic E-state index is -0.595. The molecule has 9 rings (SSSR count). The number of fused-ring (bicyclic) bond motifs is 2. The van der Waals surface area contributed by atoms with Crippen molar-refractivity contribution in [1.29, 1.82) is 5.26 Å². The molecule has 3 heteroatoms. The summed E-state index contributed by atoms with van der Waals surface area (Å²) < 4.78 is 6.94. The molecule has 0 bridgehead atoms. The van der Waals surface area contributed by atoms with Crippen LogP contribution in [0.25, 0.3) is 44.8 Å². The third-order valence-corrected chi connectivity index (χ3v) is 10.0. The number of nitriles is 1. The highest BCUT2D eigenvalue weighted by Gasteiger charge is 2.45. The average molecular weight is 665 g/mol. The van der Waals surface area contributed by atoms with Gasteiger partial charge in [0.05, 0.1) is 28.4 Å². The molecule has 0 amide bonds. The van der Waals surface area contributed by atoms with E-state index in [-0.39, 0.29) is 0 Å². The van der Waals surface area contributed by atoms with Crippen LogP contribution in [-0.2, 0) is 5.41 Å². The SMILES string of the molecule is N#Cc1ccc(-c2cc(-c3ccccc3)nc(-c3cccc(-c4cccc5c4Oc4ccccc4C5(c4ccccc4)c4ccccc4)c3)c2)cc1. The summed E-state index contributed by atoms with van der Waals surface area (Å²) in [5, 5.41) is 9.40. The minimum absolute atomic E-state index is 0.595. The Morgan fingerprint density at radius 1 is 0.442 bits per heavy atom.